The van der Waals surface area contributed by atoms with Crippen molar-refractivity contribution >= 4 is 15.7 Å². The molecule has 0 bridgehead atoms. The molecule has 1 aromatic carbocycles. The van der Waals surface area contributed by atoms with E-state index in [0.717, 1.165) is 6.07 Å². The Morgan fingerprint density at radius 3 is 2.65 bits per heavy atom. The molecule has 0 amide bonds. The average molecular weight is 262 g/mol. The van der Waals surface area contributed by atoms with Crippen molar-refractivity contribution in [1.29, 1.82) is 0 Å². The third kappa shape index (κ3) is 3.39. The van der Waals surface area contributed by atoms with E-state index in [1.807, 2.05) is 0 Å². The highest BCUT2D eigenvalue weighted by atomic mass is 32.2. The van der Waals surface area contributed by atoms with E-state index >= 15 is 0 Å². The summed E-state index contributed by atoms with van der Waals surface area (Å²) < 4.78 is 39.0. The van der Waals surface area contributed by atoms with Gasteiger partial charge in [0.25, 0.3) is 0 Å². The number of aliphatic hydroxyl groups is 1. The number of nitrogens with one attached hydrogen (secondary N) is 1. The number of anilines is 1. The van der Waals surface area contributed by atoms with Gasteiger partial charge < -0.3 is 10.8 Å². The number of nitrogen functional groups attached to an aromatic ring is 1. The minimum absolute atomic E-state index is 0.113. The molecule has 96 valence electrons. The zero-order chi connectivity index (χ0) is 13.1. The first-order valence-corrected chi connectivity index (χ1v) is 6.57. The van der Waals surface area contributed by atoms with Gasteiger partial charge in [0, 0.05) is 6.04 Å². The molecule has 5 nitrogen and oxygen atoms in total. The Bertz CT molecular complexity index is 486. The molecule has 0 saturated carbocycles. The fourth-order valence-electron chi connectivity index (χ4n) is 1.21. The predicted molar refractivity (Wildman–Crippen MR) is 62.3 cm³/mol. The van der Waals surface area contributed by atoms with E-state index < -0.39 is 21.9 Å². The molecule has 0 spiro atoms. The van der Waals surface area contributed by atoms with E-state index in [1.54, 1.807) is 6.92 Å². The zero-order valence-corrected chi connectivity index (χ0v) is 10.2. The monoisotopic (exact) mass is 262 g/mol. The normalized spacial score (nSPS) is 13.6. The van der Waals surface area contributed by atoms with Crippen molar-refractivity contribution in [2.24, 2.45) is 0 Å². The van der Waals surface area contributed by atoms with E-state index in [2.05, 4.69) is 4.72 Å². The first-order valence-electron chi connectivity index (χ1n) is 5.09. The van der Waals surface area contributed by atoms with E-state index in [0.29, 0.717) is 6.42 Å². The number of aliphatic hydroxyl groups excluding tert-OH is 1. The third-order valence-electron chi connectivity index (χ3n) is 2.32. The molecular formula is C10H15FN2O3S. The van der Waals surface area contributed by atoms with Gasteiger partial charge >= 0.3 is 0 Å². The summed E-state index contributed by atoms with van der Waals surface area (Å²) in [5, 5.41) is 8.91. The molecular weight excluding hydrogens is 247 g/mol. The van der Waals surface area contributed by atoms with Crippen LogP contribution in [0.2, 0.25) is 0 Å². The fraction of sp³-hybridized carbons (Fsp3) is 0.400. The maximum Gasteiger partial charge on any atom is 0.241 e. The highest BCUT2D eigenvalue weighted by Gasteiger charge is 2.19. The quantitative estimate of drug-likeness (QED) is 0.672. The molecule has 0 saturated heterocycles. The Kier molecular flexibility index (Phi) is 4.44. The maximum absolute atomic E-state index is 13.1. The van der Waals surface area contributed by atoms with Crippen LogP contribution >= 0.6 is 0 Å². The van der Waals surface area contributed by atoms with Gasteiger partial charge in [-0.2, -0.15) is 0 Å². The summed E-state index contributed by atoms with van der Waals surface area (Å²) >= 11 is 0. The number of sulfonamides is 1. The first kappa shape index (κ1) is 13.9. The van der Waals surface area contributed by atoms with Crippen molar-refractivity contribution in [2.75, 3.05) is 12.3 Å². The Balaban J connectivity index is 3.01. The van der Waals surface area contributed by atoms with Crippen LogP contribution in [-0.2, 0) is 10.0 Å². The second kappa shape index (κ2) is 5.44. The maximum atomic E-state index is 13.1. The van der Waals surface area contributed by atoms with Crippen molar-refractivity contribution in [3.63, 3.8) is 0 Å². The second-order valence-electron chi connectivity index (χ2n) is 3.59. The summed E-state index contributed by atoms with van der Waals surface area (Å²) in [7, 11) is -3.83. The third-order valence-corrected chi connectivity index (χ3v) is 3.84. The summed E-state index contributed by atoms with van der Waals surface area (Å²) in [4.78, 5) is -0.212. The SMILES string of the molecule is CC[C@H](CO)NS(=O)(=O)c1ccc(N)c(F)c1. The lowest BCUT2D eigenvalue weighted by Gasteiger charge is -2.14. The van der Waals surface area contributed by atoms with E-state index in [-0.39, 0.29) is 17.2 Å². The molecule has 0 aromatic heterocycles. The predicted octanol–water partition coefficient (Wildman–Crippen LogP) is 0.457. The minimum Gasteiger partial charge on any atom is -0.396 e. The van der Waals surface area contributed by atoms with Crippen LogP contribution in [-0.4, -0.2) is 26.2 Å². The zero-order valence-electron chi connectivity index (χ0n) is 9.35. The lowest BCUT2D eigenvalue weighted by Crippen LogP contribution is -2.36. The van der Waals surface area contributed by atoms with Gasteiger partial charge in [-0.3, -0.25) is 0 Å². The molecule has 1 atom stereocenters. The second-order valence-corrected chi connectivity index (χ2v) is 5.31. The fourth-order valence-corrected chi connectivity index (χ4v) is 2.53. The molecule has 7 heteroatoms. The first-order chi connectivity index (χ1) is 7.90. The minimum atomic E-state index is -3.83. The Morgan fingerprint density at radius 2 is 2.18 bits per heavy atom. The number of nitrogens with two attached hydrogens (primary N) is 1. The van der Waals surface area contributed by atoms with Crippen molar-refractivity contribution in [1.82, 2.24) is 4.72 Å². The topological polar surface area (TPSA) is 92.4 Å². The van der Waals surface area contributed by atoms with Gasteiger partial charge in [0.15, 0.2) is 0 Å². The molecule has 0 aliphatic carbocycles. The molecule has 1 aromatic rings. The lowest BCUT2D eigenvalue weighted by atomic mass is 10.3. The van der Waals surface area contributed by atoms with Gasteiger partial charge in [-0.15, -0.1) is 0 Å². The van der Waals surface area contributed by atoms with Gasteiger partial charge in [-0.05, 0) is 24.6 Å². The largest absolute Gasteiger partial charge is 0.396 e. The molecule has 0 aliphatic heterocycles. The van der Waals surface area contributed by atoms with Crippen LogP contribution in [0.1, 0.15) is 13.3 Å². The van der Waals surface area contributed by atoms with Crippen molar-refractivity contribution in [2.45, 2.75) is 24.3 Å². The van der Waals surface area contributed by atoms with E-state index in [9.17, 15) is 12.8 Å². The van der Waals surface area contributed by atoms with Crippen molar-refractivity contribution < 1.29 is 17.9 Å². The molecule has 0 aliphatic rings. The van der Waals surface area contributed by atoms with Gasteiger partial charge in [0.05, 0.1) is 17.2 Å². The summed E-state index contributed by atoms with van der Waals surface area (Å²) in [5.41, 5.74) is 5.14. The van der Waals surface area contributed by atoms with Crippen molar-refractivity contribution in [3.8, 4) is 0 Å². The number of hydrogen-bond donors (Lipinski definition) is 3. The van der Waals surface area contributed by atoms with Crippen LogP contribution in [0.4, 0.5) is 10.1 Å². The van der Waals surface area contributed by atoms with Crippen LogP contribution in [0.15, 0.2) is 23.1 Å². The number of rotatable bonds is 5. The van der Waals surface area contributed by atoms with Crippen LogP contribution in [0.25, 0.3) is 0 Å². The number of halogens is 1. The Hall–Kier alpha value is -1.18. The van der Waals surface area contributed by atoms with Gasteiger partial charge in [0.1, 0.15) is 5.82 Å². The van der Waals surface area contributed by atoms with Gasteiger partial charge in [0.2, 0.25) is 10.0 Å². The van der Waals surface area contributed by atoms with E-state index in [4.69, 9.17) is 10.8 Å². The standard InChI is InChI=1S/C10H15FN2O3S/c1-2-7(6-14)13-17(15,16)8-3-4-10(12)9(11)5-8/h3-5,7,13-14H,2,6,12H2,1H3/t7-/m1/s1. The Morgan fingerprint density at radius 1 is 1.53 bits per heavy atom. The molecule has 0 heterocycles. The summed E-state index contributed by atoms with van der Waals surface area (Å²) in [6, 6.07) is 2.66. The van der Waals surface area contributed by atoms with Crippen molar-refractivity contribution in [3.05, 3.63) is 24.0 Å². The summed E-state index contributed by atoms with van der Waals surface area (Å²) in [5.74, 6) is -0.787. The van der Waals surface area contributed by atoms with E-state index in [1.165, 1.54) is 12.1 Å². The molecule has 1 rings (SSSR count). The molecule has 0 radical (unpaired) electrons. The highest BCUT2D eigenvalue weighted by molar-refractivity contribution is 7.89. The summed E-state index contributed by atoms with van der Waals surface area (Å²) in [6.07, 6.45) is 0.438. The molecule has 17 heavy (non-hydrogen) atoms. The molecule has 0 unspecified atom stereocenters. The number of hydrogen-bond acceptors (Lipinski definition) is 4. The summed E-state index contributed by atoms with van der Waals surface area (Å²) in [6.45, 7) is 1.42. The lowest BCUT2D eigenvalue weighted by molar-refractivity contribution is 0.254. The molecule has 0 fully saturated rings. The van der Waals surface area contributed by atoms with Crippen LogP contribution in [0.5, 0.6) is 0 Å². The van der Waals surface area contributed by atoms with Crippen LogP contribution < -0.4 is 10.5 Å². The Labute approximate surface area is 99.5 Å². The number of benzene rings is 1. The molecule has 4 N–H and O–H groups in total. The smallest absolute Gasteiger partial charge is 0.241 e. The average Bonchev–Trinajstić information content (AvgIpc) is 2.29. The van der Waals surface area contributed by atoms with Gasteiger partial charge in [-0.1, -0.05) is 6.92 Å². The van der Waals surface area contributed by atoms with Gasteiger partial charge in [-0.25, -0.2) is 17.5 Å². The van der Waals surface area contributed by atoms with Crippen LogP contribution in [0.3, 0.4) is 0 Å². The highest BCUT2D eigenvalue weighted by Crippen LogP contribution is 2.16. The van der Waals surface area contributed by atoms with Crippen LogP contribution in [0, 0.1) is 5.82 Å².